The van der Waals surface area contributed by atoms with Crippen LogP contribution in [0.15, 0.2) is 30.3 Å². The summed E-state index contributed by atoms with van der Waals surface area (Å²) >= 11 is 0. The zero-order valence-corrected chi connectivity index (χ0v) is 15.1. The second-order valence-corrected chi connectivity index (χ2v) is 12.9. The van der Waals surface area contributed by atoms with Gasteiger partial charge < -0.3 is 14.2 Å². The van der Waals surface area contributed by atoms with Crippen LogP contribution in [0.4, 0.5) is 0 Å². The average Bonchev–Trinajstić information content (AvgIpc) is 2.71. The van der Waals surface area contributed by atoms with Gasteiger partial charge in [0.15, 0.2) is 8.32 Å². The van der Waals surface area contributed by atoms with Crippen LogP contribution < -0.4 is 0 Å². The van der Waals surface area contributed by atoms with Crippen molar-refractivity contribution in [1.82, 2.24) is 9.80 Å². The molecular weight excluding hydrogens is 288 g/mol. The largest absolute Gasteiger partial charge is 0.413 e. The Morgan fingerprint density at radius 3 is 2.14 bits per heavy atom. The minimum absolute atomic E-state index is 0.166. The van der Waals surface area contributed by atoms with Crippen LogP contribution >= 0.6 is 0 Å². The molecule has 0 radical (unpaired) electrons. The molecule has 5 rings (SSSR count). The highest BCUT2D eigenvalue weighted by molar-refractivity contribution is 6.69. The minimum atomic E-state index is -1.55. The van der Waals surface area contributed by atoms with Gasteiger partial charge in [0.2, 0.25) is 0 Å². The molecule has 0 aliphatic carbocycles. The molecule has 22 heavy (non-hydrogen) atoms. The maximum Gasteiger partial charge on any atom is 0.184 e. The summed E-state index contributed by atoms with van der Waals surface area (Å²) in [4.78, 5) is 5.38. The minimum Gasteiger partial charge on any atom is -0.413 e. The van der Waals surface area contributed by atoms with Crippen LogP contribution in [-0.2, 0) is 9.84 Å². The Morgan fingerprint density at radius 1 is 1.00 bits per heavy atom. The molecule has 4 heterocycles. The van der Waals surface area contributed by atoms with Gasteiger partial charge in [-0.3, -0.25) is 0 Å². The maximum atomic E-state index is 6.81. The molecule has 3 atom stereocenters. The molecule has 3 nitrogen and oxygen atoms in total. The molecule has 1 aromatic rings. The number of benzene rings is 1. The van der Waals surface area contributed by atoms with E-state index in [1.807, 2.05) is 0 Å². The standard InChI is InChI=1S/C18H28N2OSi/c1-22(2,3)21-17-15-11-19-9-10-20(12-15)14-18(17,13-19)16-7-5-4-6-8-16/h4-8,15,17H,9-14H2,1-3H3. The van der Waals surface area contributed by atoms with Crippen LogP contribution in [0.2, 0.25) is 19.6 Å². The van der Waals surface area contributed by atoms with E-state index < -0.39 is 8.32 Å². The summed E-state index contributed by atoms with van der Waals surface area (Å²) in [5.74, 6) is 0.664. The molecule has 0 spiro atoms. The Bertz CT molecular complexity index is 526. The SMILES string of the molecule is C[Si](C)(C)OC1C2CN3CCN(C2)CC1(c1ccccc1)C3. The first-order valence-corrected chi connectivity index (χ1v) is 12.1. The summed E-state index contributed by atoms with van der Waals surface area (Å²) in [7, 11) is -1.55. The molecule has 4 saturated heterocycles. The van der Waals surface area contributed by atoms with Crippen molar-refractivity contribution >= 4 is 8.32 Å². The number of nitrogens with zero attached hydrogens (tertiary/aromatic N) is 2. The van der Waals surface area contributed by atoms with Crippen LogP contribution in [0, 0.1) is 5.92 Å². The zero-order valence-electron chi connectivity index (χ0n) is 14.1. The topological polar surface area (TPSA) is 15.7 Å². The predicted molar refractivity (Wildman–Crippen MR) is 92.7 cm³/mol. The van der Waals surface area contributed by atoms with Crippen molar-refractivity contribution in [2.45, 2.75) is 31.2 Å². The average molecular weight is 317 g/mol. The molecule has 3 unspecified atom stereocenters. The first kappa shape index (κ1) is 14.9. The molecule has 4 bridgehead atoms. The molecule has 4 aliphatic heterocycles. The van der Waals surface area contributed by atoms with Gasteiger partial charge in [0.1, 0.15) is 0 Å². The Kier molecular flexibility index (Phi) is 3.49. The first-order valence-electron chi connectivity index (χ1n) is 8.64. The van der Waals surface area contributed by atoms with Crippen molar-refractivity contribution in [1.29, 1.82) is 0 Å². The predicted octanol–water partition coefficient (Wildman–Crippen LogP) is 2.41. The summed E-state index contributed by atoms with van der Waals surface area (Å²) in [6.07, 6.45) is 0.396. The van der Waals surface area contributed by atoms with Gasteiger partial charge in [0.25, 0.3) is 0 Å². The summed E-state index contributed by atoms with van der Waals surface area (Å²) in [5.41, 5.74) is 1.65. The number of hydrogen-bond acceptors (Lipinski definition) is 3. The van der Waals surface area contributed by atoms with Crippen LogP contribution in [0.5, 0.6) is 0 Å². The lowest BCUT2D eigenvalue weighted by Crippen LogP contribution is -2.68. The van der Waals surface area contributed by atoms with E-state index in [9.17, 15) is 0 Å². The Morgan fingerprint density at radius 2 is 1.59 bits per heavy atom. The number of fused-ring (bicyclic) bond motifs is 1. The number of hydrogen-bond donors (Lipinski definition) is 0. The maximum absolute atomic E-state index is 6.81. The summed E-state index contributed by atoms with van der Waals surface area (Å²) in [6, 6.07) is 11.2. The Hall–Kier alpha value is -0.683. The van der Waals surface area contributed by atoms with Crippen LogP contribution in [0.3, 0.4) is 0 Å². The van der Waals surface area contributed by atoms with Gasteiger partial charge in [0, 0.05) is 50.6 Å². The fourth-order valence-corrected chi connectivity index (χ4v) is 6.03. The second kappa shape index (κ2) is 5.16. The fraction of sp³-hybridized carbons (Fsp3) is 0.667. The second-order valence-electron chi connectivity index (χ2n) is 8.40. The van der Waals surface area contributed by atoms with Crippen molar-refractivity contribution in [3.05, 3.63) is 35.9 Å². The van der Waals surface area contributed by atoms with E-state index in [0.29, 0.717) is 12.0 Å². The van der Waals surface area contributed by atoms with E-state index in [2.05, 4.69) is 59.8 Å². The molecule has 1 aromatic carbocycles. The van der Waals surface area contributed by atoms with Crippen molar-refractivity contribution in [2.75, 3.05) is 39.3 Å². The first-order chi connectivity index (χ1) is 10.5. The molecule has 0 N–H and O–H groups in total. The highest BCUT2D eigenvalue weighted by atomic mass is 28.4. The molecule has 0 saturated carbocycles. The van der Waals surface area contributed by atoms with Crippen molar-refractivity contribution < 1.29 is 4.43 Å². The Labute approximate surface area is 135 Å². The third-order valence-corrected chi connectivity index (χ3v) is 6.49. The van der Waals surface area contributed by atoms with Crippen molar-refractivity contribution in [3.63, 3.8) is 0 Å². The molecule has 0 aromatic heterocycles. The van der Waals surface area contributed by atoms with E-state index in [1.165, 1.54) is 44.8 Å². The van der Waals surface area contributed by atoms with Gasteiger partial charge in [-0.25, -0.2) is 0 Å². The highest BCUT2D eigenvalue weighted by Gasteiger charge is 2.56. The molecule has 4 aliphatic rings. The van der Waals surface area contributed by atoms with Gasteiger partial charge in [-0.15, -0.1) is 0 Å². The third kappa shape index (κ3) is 2.46. The van der Waals surface area contributed by atoms with Gasteiger partial charge in [-0.1, -0.05) is 30.3 Å². The van der Waals surface area contributed by atoms with E-state index >= 15 is 0 Å². The normalized spacial score (nSPS) is 40.7. The smallest absolute Gasteiger partial charge is 0.184 e. The van der Waals surface area contributed by atoms with Crippen LogP contribution in [-0.4, -0.2) is 63.5 Å². The van der Waals surface area contributed by atoms with Crippen LogP contribution in [0.1, 0.15) is 5.56 Å². The van der Waals surface area contributed by atoms with Crippen LogP contribution in [0.25, 0.3) is 0 Å². The molecular formula is C18H28N2OSi. The third-order valence-electron chi connectivity index (χ3n) is 5.53. The van der Waals surface area contributed by atoms with Gasteiger partial charge in [-0.2, -0.15) is 0 Å². The molecule has 4 fully saturated rings. The molecule has 120 valence electrons. The highest BCUT2D eigenvalue weighted by Crippen LogP contribution is 2.45. The Balaban J connectivity index is 1.79. The van der Waals surface area contributed by atoms with Gasteiger partial charge in [0.05, 0.1) is 6.10 Å². The van der Waals surface area contributed by atoms with E-state index in [-0.39, 0.29) is 5.41 Å². The van der Waals surface area contributed by atoms with Gasteiger partial charge in [-0.05, 0) is 25.2 Å². The summed E-state index contributed by atoms with van der Waals surface area (Å²) < 4.78 is 6.81. The van der Waals surface area contributed by atoms with Gasteiger partial charge >= 0.3 is 0 Å². The molecule has 0 amide bonds. The zero-order chi connectivity index (χ0) is 15.4. The van der Waals surface area contributed by atoms with E-state index in [4.69, 9.17) is 4.43 Å². The van der Waals surface area contributed by atoms with E-state index in [1.54, 1.807) is 0 Å². The van der Waals surface area contributed by atoms with Crippen molar-refractivity contribution in [2.24, 2.45) is 5.92 Å². The fourth-order valence-electron chi connectivity index (χ4n) is 4.85. The number of piperidine rings is 2. The lowest BCUT2D eigenvalue weighted by Gasteiger charge is -2.56. The monoisotopic (exact) mass is 316 g/mol. The quantitative estimate of drug-likeness (QED) is 0.797. The summed E-state index contributed by atoms with van der Waals surface area (Å²) in [5, 5.41) is 0. The lowest BCUT2D eigenvalue weighted by molar-refractivity contribution is -0.0634. The summed E-state index contributed by atoms with van der Waals surface area (Å²) in [6.45, 7) is 14.2. The molecule has 4 heteroatoms. The van der Waals surface area contributed by atoms with E-state index in [0.717, 1.165) is 0 Å². The number of rotatable bonds is 3. The lowest BCUT2D eigenvalue weighted by atomic mass is 9.66. The van der Waals surface area contributed by atoms with Crippen molar-refractivity contribution in [3.8, 4) is 0 Å².